The van der Waals surface area contributed by atoms with Crippen molar-refractivity contribution in [2.45, 2.75) is 0 Å². The van der Waals surface area contributed by atoms with E-state index in [1.165, 1.54) is 11.2 Å². The van der Waals surface area contributed by atoms with Crippen LogP contribution < -0.4 is 10.6 Å². The molecule has 2 N–H and O–H groups in total. The van der Waals surface area contributed by atoms with Gasteiger partial charge in [0.1, 0.15) is 0 Å². The average Bonchev–Trinajstić information content (AvgIpc) is 2.80. The second kappa shape index (κ2) is 4.10. The molecule has 0 saturated heterocycles. The number of furan rings is 1. The summed E-state index contributed by atoms with van der Waals surface area (Å²) in [4.78, 5) is 13.4. The number of carbonyl (C=O) groups is 1. The zero-order valence-electron chi connectivity index (χ0n) is 8.88. The average molecular weight is 216 g/mol. The summed E-state index contributed by atoms with van der Waals surface area (Å²) in [6.07, 6.45) is 1.47. The molecule has 0 bridgehead atoms. The second-order valence-corrected chi connectivity index (χ2v) is 3.44. The Morgan fingerprint density at radius 1 is 1.31 bits per heavy atom. The molecule has 0 unspecified atom stereocenters. The molecule has 2 aromatic rings. The molecule has 1 aromatic heterocycles. The van der Waals surface area contributed by atoms with Gasteiger partial charge in [0.15, 0.2) is 5.76 Å². The van der Waals surface area contributed by atoms with Gasteiger partial charge in [-0.3, -0.25) is 4.79 Å². The molecule has 0 atom stereocenters. The monoisotopic (exact) mass is 216 g/mol. The lowest BCUT2D eigenvalue weighted by Crippen LogP contribution is -2.25. The molecule has 1 aromatic carbocycles. The summed E-state index contributed by atoms with van der Waals surface area (Å²) in [5, 5.41) is 0. The SMILES string of the molecule is CN(C(=O)c1ccco1)c1cccc(N)c1. The molecule has 82 valence electrons. The van der Waals surface area contributed by atoms with Crippen LogP contribution in [0.3, 0.4) is 0 Å². The van der Waals surface area contributed by atoms with E-state index in [0.29, 0.717) is 11.4 Å². The van der Waals surface area contributed by atoms with Gasteiger partial charge in [-0.05, 0) is 30.3 Å². The van der Waals surface area contributed by atoms with E-state index in [1.54, 1.807) is 37.4 Å². The number of carbonyl (C=O) groups excluding carboxylic acids is 1. The topological polar surface area (TPSA) is 59.5 Å². The van der Waals surface area contributed by atoms with Crippen molar-refractivity contribution >= 4 is 17.3 Å². The first-order valence-corrected chi connectivity index (χ1v) is 4.85. The van der Waals surface area contributed by atoms with Crippen molar-refractivity contribution in [1.29, 1.82) is 0 Å². The molecule has 0 fully saturated rings. The second-order valence-electron chi connectivity index (χ2n) is 3.44. The first-order valence-electron chi connectivity index (χ1n) is 4.85. The van der Waals surface area contributed by atoms with Gasteiger partial charge in [0.25, 0.3) is 5.91 Å². The number of amides is 1. The van der Waals surface area contributed by atoms with Gasteiger partial charge in [0, 0.05) is 18.4 Å². The van der Waals surface area contributed by atoms with Gasteiger partial charge in [-0.25, -0.2) is 0 Å². The summed E-state index contributed by atoms with van der Waals surface area (Å²) in [5.41, 5.74) is 7.01. The van der Waals surface area contributed by atoms with Gasteiger partial charge in [0.2, 0.25) is 0 Å². The summed E-state index contributed by atoms with van der Waals surface area (Å²) >= 11 is 0. The summed E-state index contributed by atoms with van der Waals surface area (Å²) < 4.78 is 5.05. The van der Waals surface area contributed by atoms with E-state index in [1.807, 2.05) is 6.07 Å². The Kier molecular flexibility index (Phi) is 2.64. The predicted molar refractivity (Wildman–Crippen MR) is 62.3 cm³/mol. The Bertz CT molecular complexity index is 491. The molecule has 16 heavy (non-hydrogen) atoms. The Labute approximate surface area is 93.3 Å². The zero-order chi connectivity index (χ0) is 11.5. The lowest BCUT2D eigenvalue weighted by Gasteiger charge is -2.16. The van der Waals surface area contributed by atoms with Crippen LogP contribution in [0.5, 0.6) is 0 Å². The number of rotatable bonds is 2. The number of hydrogen-bond acceptors (Lipinski definition) is 3. The quantitative estimate of drug-likeness (QED) is 0.782. The van der Waals surface area contributed by atoms with E-state index >= 15 is 0 Å². The van der Waals surface area contributed by atoms with Crippen LogP contribution in [0.15, 0.2) is 47.1 Å². The van der Waals surface area contributed by atoms with Crippen LogP contribution in [0, 0.1) is 0 Å². The largest absolute Gasteiger partial charge is 0.459 e. The Morgan fingerprint density at radius 3 is 2.75 bits per heavy atom. The Balaban J connectivity index is 2.26. The van der Waals surface area contributed by atoms with Gasteiger partial charge < -0.3 is 15.1 Å². The van der Waals surface area contributed by atoms with Crippen LogP contribution in [-0.4, -0.2) is 13.0 Å². The minimum atomic E-state index is -0.199. The van der Waals surface area contributed by atoms with Gasteiger partial charge >= 0.3 is 0 Å². The van der Waals surface area contributed by atoms with E-state index in [2.05, 4.69) is 0 Å². The highest BCUT2D eigenvalue weighted by Crippen LogP contribution is 2.18. The Morgan fingerprint density at radius 2 is 2.12 bits per heavy atom. The van der Waals surface area contributed by atoms with Crippen LogP contribution in [0.4, 0.5) is 11.4 Å². The number of hydrogen-bond donors (Lipinski definition) is 1. The van der Waals surface area contributed by atoms with Crippen molar-refractivity contribution in [3.63, 3.8) is 0 Å². The third-order valence-electron chi connectivity index (χ3n) is 2.29. The fourth-order valence-electron chi connectivity index (χ4n) is 1.42. The van der Waals surface area contributed by atoms with Gasteiger partial charge in [-0.2, -0.15) is 0 Å². The molecule has 1 amide bonds. The minimum absolute atomic E-state index is 0.199. The molecule has 0 aliphatic rings. The molecule has 2 rings (SSSR count). The first kappa shape index (κ1) is 10.3. The normalized spacial score (nSPS) is 10.1. The van der Waals surface area contributed by atoms with Crippen LogP contribution in [0.25, 0.3) is 0 Å². The minimum Gasteiger partial charge on any atom is -0.459 e. The lowest BCUT2D eigenvalue weighted by molar-refractivity contribution is 0.0966. The van der Waals surface area contributed by atoms with Gasteiger partial charge in [0.05, 0.1) is 6.26 Å². The molecule has 0 spiro atoms. The number of nitrogens with two attached hydrogens (primary N) is 1. The smallest absolute Gasteiger partial charge is 0.293 e. The van der Waals surface area contributed by atoms with Crippen molar-refractivity contribution in [3.8, 4) is 0 Å². The molecule has 0 radical (unpaired) electrons. The lowest BCUT2D eigenvalue weighted by atomic mass is 10.2. The van der Waals surface area contributed by atoms with E-state index in [4.69, 9.17) is 10.2 Å². The third kappa shape index (κ3) is 1.91. The molecule has 0 aliphatic carbocycles. The highest BCUT2D eigenvalue weighted by molar-refractivity contribution is 6.03. The predicted octanol–water partition coefficient (Wildman–Crippen LogP) is 2.14. The Hall–Kier alpha value is -2.23. The molecule has 0 aliphatic heterocycles. The van der Waals surface area contributed by atoms with Crippen LogP contribution >= 0.6 is 0 Å². The summed E-state index contributed by atoms with van der Waals surface area (Å²) in [5.74, 6) is 0.112. The molecule has 4 nitrogen and oxygen atoms in total. The molecular weight excluding hydrogens is 204 g/mol. The third-order valence-corrected chi connectivity index (χ3v) is 2.29. The van der Waals surface area contributed by atoms with Crippen LogP contribution in [0.1, 0.15) is 10.6 Å². The maximum atomic E-state index is 11.9. The van der Waals surface area contributed by atoms with Crippen molar-refractivity contribution in [3.05, 3.63) is 48.4 Å². The van der Waals surface area contributed by atoms with E-state index in [0.717, 1.165) is 5.69 Å². The number of nitrogens with zero attached hydrogens (tertiary/aromatic N) is 1. The first-order chi connectivity index (χ1) is 7.68. The van der Waals surface area contributed by atoms with Crippen LogP contribution in [-0.2, 0) is 0 Å². The number of anilines is 2. The number of nitrogen functional groups attached to an aromatic ring is 1. The molecule has 1 heterocycles. The zero-order valence-corrected chi connectivity index (χ0v) is 8.88. The molecular formula is C12H12N2O2. The van der Waals surface area contributed by atoms with Gasteiger partial charge in [-0.1, -0.05) is 6.07 Å². The fraction of sp³-hybridized carbons (Fsp3) is 0.0833. The van der Waals surface area contributed by atoms with Crippen molar-refractivity contribution in [2.24, 2.45) is 0 Å². The van der Waals surface area contributed by atoms with Crippen molar-refractivity contribution in [1.82, 2.24) is 0 Å². The molecule has 0 saturated carbocycles. The summed E-state index contributed by atoms with van der Waals surface area (Å²) in [6, 6.07) is 10.4. The molecule has 4 heteroatoms. The van der Waals surface area contributed by atoms with E-state index in [-0.39, 0.29) is 5.91 Å². The van der Waals surface area contributed by atoms with Crippen LogP contribution in [0.2, 0.25) is 0 Å². The van der Waals surface area contributed by atoms with Gasteiger partial charge in [-0.15, -0.1) is 0 Å². The maximum absolute atomic E-state index is 11.9. The van der Waals surface area contributed by atoms with Crippen molar-refractivity contribution in [2.75, 3.05) is 17.7 Å². The highest BCUT2D eigenvalue weighted by Gasteiger charge is 2.15. The van der Waals surface area contributed by atoms with E-state index < -0.39 is 0 Å². The maximum Gasteiger partial charge on any atom is 0.293 e. The highest BCUT2D eigenvalue weighted by atomic mass is 16.3. The summed E-state index contributed by atoms with van der Waals surface area (Å²) in [7, 11) is 1.68. The summed E-state index contributed by atoms with van der Waals surface area (Å²) in [6.45, 7) is 0. The number of benzene rings is 1. The van der Waals surface area contributed by atoms with E-state index in [9.17, 15) is 4.79 Å². The fourth-order valence-corrected chi connectivity index (χ4v) is 1.42. The van der Waals surface area contributed by atoms with Crippen molar-refractivity contribution < 1.29 is 9.21 Å². The standard InChI is InChI=1S/C12H12N2O2/c1-14(10-5-2-4-9(13)8-10)12(15)11-6-3-7-16-11/h2-8H,13H2,1H3.